The van der Waals surface area contributed by atoms with Crippen molar-refractivity contribution in [1.29, 1.82) is 0 Å². The van der Waals surface area contributed by atoms with Crippen LogP contribution in [0, 0.1) is 12.8 Å². The molecule has 0 aliphatic rings. The molecule has 0 spiro atoms. The monoisotopic (exact) mass is 468 g/mol. The van der Waals surface area contributed by atoms with Gasteiger partial charge in [0.25, 0.3) is 5.91 Å². The molecule has 2 amide bonds. The van der Waals surface area contributed by atoms with Crippen LogP contribution in [0.1, 0.15) is 40.2 Å². The van der Waals surface area contributed by atoms with E-state index in [2.05, 4.69) is 24.4 Å². The Balaban J connectivity index is -0.000000525. The van der Waals surface area contributed by atoms with E-state index in [0.717, 1.165) is 11.5 Å². The minimum absolute atomic E-state index is 0. The van der Waals surface area contributed by atoms with Crippen LogP contribution in [-0.2, 0) is 20.8 Å². The molecule has 0 saturated carbocycles. The van der Waals surface area contributed by atoms with Gasteiger partial charge in [-0.2, -0.15) is 6.42 Å². The van der Waals surface area contributed by atoms with Gasteiger partial charge >= 0.3 is 29.1 Å². The van der Waals surface area contributed by atoms with Crippen molar-refractivity contribution in [2.45, 2.75) is 52.7 Å². The second-order valence-corrected chi connectivity index (χ2v) is 7.12. The number of hydroxylamine groups is 2. The molecular weight excluding hydrogens is 436 g/mol. The Morgan fingerprint density at radius 1 is 1.18 bits per heavy atom. The van der Waals surface area contributed by atoms with Crippen molar-refractivity contribution in [3.63, 3.8) is 0 Å². The average Bonchev–Trinajstić information content (AvgIpc) is 2.57. The van der Waals surface area contributed by atoms with Crippen molar-refractivity contribution in [2.24, 2.45) is 5.92 Å². The summed E-state index contributed by atoms with van der Waals surface area (Å²) in [7, 11) is 2.89. The number of carbonyl (C=O) groups is 2. The summed E-state index contributed by atoms with van der Waals surface area (Å²) < 4.78 is 5.12. The molecule has 156 valence electrons. The number of nitrogens with one attached hydrogen (secondary N) is 1. The average molecular weight is 470 g/mol. The number of halogens is 1. The van der Waals surface area contributed by atoms with Crippen LogP contribution >= 0.6 is 0 Å². The number of amides is 2. The molecule has 28 heavy (non-hydrogen) atoms. The van der Waals surface area contributed by atoms with Crippen LogP contribution in [0.5, 0.6) is 0 Å². The van der Waals surface area contributed by atoms with Crippen LogP contribution < -0.4 is 22.3 Å². The zero-order valence-corrected chi connectivity index (χ0v) is 21.1. The second kappa shape index (κ2) is 16.0. The van der Waals surface area contributed by atoms with Crippen LogP contribution in [0.25, 0.3) is 0 Å². The summed E-state index contributed by atoms with van der Waals surface area (Å²) in [4.78, 5) is 28.4. The zero-order valence-electron chi connectivity index (χ0n) is 18.1. The first-order chi connectivity index (χ1) is 12.0. The van der Waals surface area contributed by atoms with Gasteiger partial charge in [0.05, 0.1) is 7.11 Å². The predicted octanol–water partition coefficient (Wildman–Crippen LogP) is 0.242. The van der Waals surface area contributed by atoms with Gasteiger partial charge < -0.3 is 34.0 Å². The predicted molar refractivity (Wildman–Crippen MR) is 109 cm³/mol. The van der Waals surface area contributed by atoms with E-state index in [1.807, 2.05) is 32.0 Å². The molecule has 0 heterocycles. The topological polar surface area (TPSA) is 67.9 Å². The molecule has 1 N–H and O–H groups in total. The van der Waals surface area contributed by atoms with Gasteiger partial charge in [-0.3, -0.25) is 9.63 Å². The van der Waals surface area contributed by atoms with E-state index in [9.17, 15) is 9.59 Å². The summed E-state index contributed by atoms with van der Waals surface area (Å²) in [6.07, 6.45) is 0.278. The summed E-state index contributed by atoms with van der Waals surface area (Å²) in [6, 6.07) is 9.55. The third-order valence-corrected chi connectivity index (χ3v) is 3.32. The number of rotatable bonds is 5. The molecular formula is C20H33BrMgN2O4. The summed E-state index contributed by atoms with van der Waals surface area (Å²) in [5, 5.41) is 3.64. The van der Waals surface area contributed by atoms with Crippen molar-refractivity contribution < 1.29 is 36.1 Å². The maximum atomic E-state index is 11.9. The van der Waals surface area contributed by atoms with Gasteiger partial charge in [-0.25, -0.2) is 9.86 Å². The van der Waals surface area contributed by atoms with Crippen LogP contribution in [0.15, 0.2) is 30.3 Å². The fourth-order valence-corrected chi connectivity index (χ4v) is 1.88. The van der Waals surface area contributed by atoms with Crippen molar-refractivity contribution in [2.75, 3.05) is 14.2 Å². The minimum atomic E-state index is -0.676. The molecule has 0 radical (unpaired) electrons. The number of ether oxygens (including phenoxy) is 1. The summed E-state index contributed by atoms with van der Waals surface area (Å²) in [6.45, 7) is 12.7. The van der Waals surface area contributed by atoms with Crippen LogP contribution in [0.4, 0.5) is 4.79 Å². The Hall–Kier alpha value is -0.834. The van der Waals surface area contributed by atoms with Crippen molar-refractivity contribution in [3.8, 4) is 0 Å². The molecule has 1 aromatic rings. The molecule has 0 fully saturated rings. The number of hydrogen-bond acceptors (Lipinski definition) is 4. The van der Waals surface area contributed by atoms with Gasteiger partial charge in [0.2, 0.25) is 0 Å². The largest absolute Gasteiger partial charge is 2.00 e. The van der Waals surface area contributed by atoms with Crippen molar-refractivity contribution >= 4 is 35.1 Å². The molecule has 0 bridgehead atoms. The minimum Gasteiger partial charge on any atom is -1.00 e. The Morgan fingerprint density at radius 2 is 1.68 bits per heavy atom. The zero-order chi connectivity index (χ0) is 20.3. The van der Waals surface area contributed by atoms with Gasteiger partial charge in [-0.05, 0) is 26.7 Å². The molecule has 0 aromatic heterocycles. The molecule has 0 aliphatic heterocycles. The Kier molecular flexibility index (Phi) is 18.2. The van der Waals surface area contributed by atoms with Gasteiger partial charge in [-0.1, -0.05) is 49.7 Å². The third kappa shape index (κ3) is 14.2. The van der Waals surface area contributed by atoms with Crippen LogP contribution in [0.2, 0.25) is 0 Å². The SMILES string of the molecule is CON(C)C(=O)[C@H](NC(=O)OC(C)(C)C)C(C)C.[Br-].[CH2-]Cc1ccccc1.[Mg+2]. The fraction of sp³-hybridized carbons (Fsp3) is 0.550. The standard InChI is InChI=1S/C12H24N2O4.C8H9.BrH.Mg/c1-8(2)9(10(15)14(6)17-7)13-11(16)18-12(3,4)5;1-2-8-6-4-3-5-7-8;;/h8-9H,1-7H3,(H,13,16);3-7H,1-2H2;1H;/q;-1;;+2/p-1/t9-;;;/m1.../s1. The van der Waals surface area contributed by atoms with Gasteiger partial charge in [0.15, 0.2) is 0 Å². The van der Waals surface area contributed by atoms with E-state index in [1.54, 1.807) is 20.8 Å². The van der Waals surface area contributed by atoms with Crippen molar-refractivity contribution in [3.05, 3.63) is 42.8 Å². The first-order valence-electron chi connectivity index (χ1n) is 8.66. The maximum Gasteiger partial charge on any atom is 2.00 e. The summed E-state index contributed by atoms with van der Waals surface area (Å²) in [5.41, 5.74) is 0.703. The molecule has 6 nitrogen and oxygen atoms in total. The van der Waals surface area contributed by atoms with E-state index in [0.29, 0.717) is 0 Å². The fourth-order valence-electron chi connectivity index (χ4n) is 1.88. The number of alkyl carbamates (subject to hydrolysis) is 1. The van der Waals surface area contributed by atoms with Gasteiger partial charge in [0.1, 0.15) is 11.6 Å². The van der Waals surface area contributed by atoms with E-state index in [-0.39, 0.29) is 51.9 Å². The molecule has 8 heteroatoms. The Morgan fingerprint density at radius 3 is 2.00 bits per heavy atom. The molecule has 1 aromatic carbocycles. The maximum absolute atomic E-state index is 11.9. The molecule has 1 atom stereocenters. The third-order valence-electron chi connectivity index (χ3n) is 3.32. The van der Waals surface area contributed by atoms with E-state index in [4.69, 9.17) is 9.57 Å². The summed E-state index contributed by atoms with van der Waals surface area (Å²) in [5.74, 6) is -0.388. The number of carbonyl (C=O) groups excluding carboxylic acids is 2. The number of benzene rings is 1. The quantitative estimate of drug-likeness (QED) is 0.381. The van der Waals surface area contributed by atoms with Gasteiger partial charge in [-0.15, -0.1) is 0 Å². The first-order valence-corrected chi connectivity index (χ1v) is 8.66. The normalized spacial score (nSPS) is 11.0. The molecule has 0 unspecified atom stereocenters. The smallest absolute Gasteiger partial charge is 1.00 e. The van der Waals surface area contributed by atoms with E-state index < -0.39 is 17.7 Å². The molecule has 0 aliphatic carbocycles. The van der Waals surface area contributed by atoms with E-state index in [1.165, 1.54) is 19.7 Å². The molecule has 1 rings (SSSR count). The Labute approximate surface area is 196 Å². The number of hydrogen-bond donors (Lipinski definition) is 1. The molecule has 0 saturated heterocycles. The number of nitrogens with zero attached hydrogens (tertiary/aromatic N) is 1. The van der Waals surface area contributed by atoms with Crippen LogP contribution in [-0.4, -0.2) is 65.9 Å². The first kappa shape index (κ1) is 31.8. The number of likely N-dealkylation sites (N-methyl/N-ethyl adjacent to an activating group) is 1. The second-order valence-electron chi connectivity index (χ2n) is 7.12. The van der Waals surface area contributed by atoms with E-state index >= 15 is 0 Å². The summed E-state index contributed by atoms with van der Waals surface area (Å²) >= 11 is 0. The van der Waals surface area contributed by atoms with Crippen molar-refractivity contribution in [1.82, 2.24) is 10.4 Å². The van der Waals surface area contributed by atoms with Crippen LogP contribution in [0.3, 0.4) is 0 Å². The van der Waals surface area contributed by atoms with Gasteiger partial charge in [0, 0.05) is 7.05 Å². The Bertz CT molecular complexity index is 551.